The van der Waals surface area contributed by atoms with E-state index in [1.807, 2.05) is 13.0 Å². The molecular weight excluding hydrogens is 306 g/mol. The van der Waals surface area contributed by atoms with E-state index in [-0.39, 0.29) is 5.91 Å². The summed E-state index contributed by atoms with van der Waals surface area (Å²) in [5, 5.41) is 11.4. The SMILES string of the molecule is CCN(Cc1cc(Cl)ccc1OC)C(=O)CCn1cnnn1. The van der Waals surface area contributed by atoms with Gasteiger partial charge in [-0.1, -0.05) is 11.6 Å². The van der Waals surface area contributed by atoms with Crippen molar-refractivity contribution in [3.05, 3.63) is 35.1 Å². The van der Waals surface area contributed by atoms with E-state index >= 15 is 0 Å². The first-order valence-corrected chi connectivity index (χ1v) is 7.32. The van der Waals surface area contributed by atoms with E-state index in [1.165, 1.54) is 11.0 Å². The normalized spacial score (nSPS) is 10.5. The summed E-state index contributed by atoms with van der Waals surface area (Å²) in [6.45, 7) is 3.44. The molecule has 0 atom stereocenters. The zero-order valence-corrected chi connectivity index (χ0v) is 13.3. The van der Waals surface area contributed by atoms with Crippen LogP contribution in [0.15, 0.2) is 24.5 Å². The van der Waals surface area contributed by atoms with Crippen molar-refractivity contribution in [2.45, 2.75) is 26.4 Å². The Labute approximate surface area is 133 Å². The lowest BCUT2D eigenvalue weighted by molar-refractivity contribution is -0.131. The fourth-order valence-electron chi connectivity index (χ4n) is 2.10. The molecule has 0 saturated carbocycles. The molecule has 0 radical (unpaired) electrons. The Kier molecular flexibility index (Phi) is 5.71. The van der Waals surface area contributed by atoms with Gasteiger partial charge in [0.1, 0.15) is 12.1 Å². The first-order valence-electron chi connectivity index (χ1n) is 6.95. The molecule has 8 heteroatoms. The molecule has 0 spiro atoms. The van der Waals surface area contributed by atoms with Gasteiger partial charge in [0, 0.05) is 30.1 Å². The van der Waals surface area contributed by atoms with Crippen LogP contribution in [0.5, 0.6) is 5.75 Å². The van der Waals surface area contributed by atoms with Crippen molar-refractivity contribution in [2.75, 3.05) is 13.7 Å². The van der Waals surface area contributed by atoms with Crippen molar-refractivity contribution in [2.24, 2.45) is 0 Å². The number of amides is 1. The first kappa shape index (κ1) is 16.2. The van der Waals surface area contributed by atoms with E-state index in [0.29, 0.717) is 31.1 Å². The molecule has 0 aliphatic rings. The lowest BCUT2D eigenvalue weighted by atomic mass is 10.1. The summed E-state index contributed by atoms with van der Waals surface area (Å²) in [5.41, 5.74) is 0.882. The number of aryl methyl sites for hydroxylation is 1. The highest BCUT2D eigenvalue weighted by molar-refractivity contribution is 6.30. The van der Waals surface area contributed by atoms with Crippen LogP contribution in [0.2, 0.25) is 5.02 Å². The van der Waals surface area contributed by atoms with Gasteiger partial charge in [-0.15, -0.1) is 5.10 Å². The van der Waals surface area contributed by atoms with Gasteiger partial charge in [-0.2, -0.15) is 0 Å². The molecular formula is C14H18ClN5O2. The number of ether oxygens (including phenoxy) is 1. The van der Waals surface area contributed by atoms with Crippen LogP contribution >= 0.6 is 11.6 Å². The van der Waals surface area contributed by atoms with Crippen LogP contribution in [0.4, 0.5) is 0 Å². The molecule has 118 valence electrons. The van der Waals surface area contributed by atoms with Crippen molar-refractivity contribution in [3.8, 4) is 5.75 Å². The molecule has 0 N–H and O–H groups in total. The summed E-state index contributed by atoms with van der Waals surface area (Å²) in [6.07, 6.45) is 1.82. The third kappa shape index (κ3) is 4.17. The number of tetrazole rings is 1. The van der Waals surface area contributed by atoms with Gasteiger partial charge in [0.05, 0.1) is 13.7 Å². The minimum absolute atomic E-state index is 0.0278. The van der Waals surface area contributed by atoms with Gasteiger partial charge >= 0.3 is 0 Å². The number of benzene rings is 1. The summed E-state index contributed by atoms with van der Waals surface area (Å²) >= 11 is 6.02. The highest BCUT2D eigenvalue weighted by atomic mass is 35.5. The largest absolute Gasteiger partial charge is 0.496 e. The molecule has 0 bridgehead atoms. The van der Waals surface area contributed by atoms with Crippen LogP contribution < -0.4 is 4.74 Å². The maximum Gasteiger partial charge on any atom is 0.224 e. The second kappa shape index (κ2) is 7.74. The maximum atomic E-state index is 12.3. The summed E-state index contributed by atoms with van der Waals surface area (Å²) in [7, 11) is 1.60. The monoisotopic (exact) mass is 323 g/mol. The quantitative estimate of drug-likeness (QED) is 0.776. The maximum absolute atomic E-state index is 12.3. The number of hydrogen-bond donors (Lipinski definition) is 0. The van der Waals surface area contributed by atoms with Crippen molar-refractivity contribution in [1.29, 1.82) is 0 Å². The zero-order chi connectivity index (χ0) is 15.9. The number of aromatic nitrogens is 4. The standard InChI is InChI=1S/C14H18ClN5O2/c1-3-19(14(21)6-7-20-10-16-17-18-20)9-11-8-12(15)4-5-13(11)22-2/h4-5,8,10H,3,6-7,9H2,1-2H3. The summed E-state index contributed by atoms with van der Waals surface area (Å²) in [4.78, 5) is 14.1. The lowest BCUT2D eigenvalue weighted by Crippen LogP contribution is -2.31. The average Bonchev–Trinajstić information content (AvgIpc) is 3.04. The van der Waals surface area contributed by atoms with Crippen molar-refractivity contribution >= 4 is 17.5 Å². The van der Waals surface area contributed by atoms with Gasteiger partial charge in [-0.25, -0.2) is 4.68 Å². The van der Waals surface area contributed by atoms with Crippen molar-refractivity contribution in [3.63, 3.8) is 0 Å². The van der Waals surface area contributed by atoms with Crippen LogP contribution in [0.3, 0.4) is 0 Å². The van der Waals surface area contributed by atoms with E-state index in [0.717, 1.165) is 11.3 Å². The Hall–Kier alpha value is -2.15. The van der Waals surface area contributed by atoms with E-state index in [4.69, 9.17) is 16.3 Å². The molecule has 1 amide bonds. The number of halogens is 1. The molecule has 1 heterocycles. The number of methoxy groups -OCH3 is 1. The van der Waals surface area contributed by atoms with Gasteiger partial charge < -0.3 is 9.64 Å². The topological polar surface area (TPSA) is 73.1 Å². The van der Waals surface area contributed by atoms with Crippen molar-refractivity contribution in [1.82, 2.24) is 25.1 Å². The second-order valence-electron chi connectivity index (χ2n) is 4.69. The molecule has 0 aliphatic heterocycles. The Balaban J connectivity index is 2.02. The summed E-state index contributed by atoms with van der Waals surface area (Å²) in [5.74, 6) is 0.746. The number of carbonyl (C=O) groups excluding carboxylic acids is 1. The highest BCUT2D eigenvalue weighted by Crippen LogP contribution is 2.24. The predicted octanol–water partition coefficient (Wildman–Crippen LogP) is 1.77. The third-order valence-corrected chi connectivity index (χ3v) is 3.52. The van der Waals surface area contributed by atoms with Gasteiger partial charge in [-0.05, 0) is 35.5 Å². The van der Waals surface area contributed by atoms with Crippen LogP contribution in [-0.4, -0.2) is 44.7 Å². The fraction of sp³-hybridized carbons (Fsp3) is 0.429. The van der Waals surface area contributed by atoms with Gasteiger partial charge in [-0.3, -0.25) is 4.79 Å². The summed E-state index contributed by atoms with van der Waals surface area (Å²) < 4.78 is 6.85. The molecule has 0 unspecified atom stereocenters. The smallest absolute Gasteiger partial charge is 0.224 e. The predicted molar refractivity (Wildman–Crippen MR) is 81.5 cm³/mol. The summed E-state index contributed by atoms with van der Waals surface area (Å²) in [6, 6.07) is 5.38. The Morgan fingerprint density at radius 3 is 2.91 bits per heavy atom. The minimum Gasteiger partial charge on any atom is -0.496 e. The average molecular weight is 324 g/mol. The Morgan fingerprint density at radius 1 is 1.45 bits per heavy atom. The Morgan fingerprint density at radius 2 is 2.27 bits per heavy atom. The number of rotatable bonds is 7. The number of hydrogen-bond acceptors (Lipinski definition) is 5. The number of nitrogens with zero attached hydrogens (tertiary/aromatic N) is 5. The van der Waals surface area contributed by atoms with Gasteiger partial charge in [0.15, 0.2) is 0 Å². The van der Waals surface area contributed by atoms with E-state index in [9.17, 15) is 4.79 Å². The van der Waals surface area contributed by atoms with E-state index in [2.05, 4.69) is 15.5 Å². The molecule has 7 nitrogen and oxygen atoms in total. The van der Waals surface area contributed by atoms with Gasteiger partial charge in [0.25, 0.3) is 0 Å². The van der Waals surface area contributed by atoms with E-state index < -0.39 is 0 Å². The number of carbonyl (C=O) groups is 1. The molecule has 2 rings (SSSR count). The zero-order valence-electron chi connectivity index (χ0n) is 12.6. The van der Waals surface area contributed by atoms with Crippen LogP contribution in [0.1, 0.15) is 18.9 Å². The van der Waals surface area contributed by atoms with Crippen LogP contribution in [-0.2, 0) is 17.9 Å². The first-order chi connectivity index (χ1) is 10.6. The van der Waals surface area contributed by atoms with Crippen LogP contribution in [0.25, 0.3) is 0 Å². The van der Waals surface area contributed by atoms with Crippen LogP contribution in [0, 0.1) is 0 Å². The highest BCUT2D eigenvalue weighted by Gasteiger charge is 2.15. The molecule has 2 aromatic rings. The molecule has 0 fully saturated rings. The molecule has 0 aliphatic carbocycles. The minimum atomic E-state index is 0.0278. The van der Waals surface area contributed by atoms with E-state index in [1.54, 1.807) is 24.1 Å². The molecule has 0 saturated heterocycles. The molecule has 1 aromatic heterocycles. The molecule has 1 aromatic carbocycles. The third-order valence-electron chi connectivity index (χ3n) is 3.28. The molecule has 22 heavy (non-hydrogen) atoms. The fourth-order valence-corrected chi connectivity index (χ4v) is 2.30. The Bertz CT molecular complexity index is 618. The van der Waals surface area contributed by atoms with Gasteiger partial charge in [0.2, 0.25) is 5.91 Å². The second-order valence-corrected chi connectivity index (χ2v) is 5.12. The van der Waals surface area contributed by atoms with Crippen molar-refractivity contribution < 1.29 is 9.53 Å². The lowest BCUT2D eigenvalue weighted by Gasteiger charge is -2.22.